The van der Waals surface area contributed by atoms with Crippen LogP contribution in [-0.4, -0.2) is 19.4 Å². The number of hydrogen-bond donors (Lipinski definition) is 0. The number of benzene rings is 2. The van der Waals surface area contributed by atoms with Gasteiger partial charge in [0.1, 0.15) is 5.15 Å². The van der Waals surface area contributed by atoms with Crippen molar-refractivity contribution in [3.8, 4) is 0 Å². The number of allylic oxidation sites excluding steroid dienone is 1. The monoisotopic (exact) mass is 461 g/mol. The molecule has 0 N–H and O–H groups in total. The minimum atomic E-state index is -2.56. The van der Waals surface area contributed by atoms with E-state index in [1.807, 2.05) is 12.3 Å². The van der Waals surface area contributed by atoms with Gasteiger partial charge < -0.3 is 4.43 Å². The summed E-state index contributed by atoms with van der Waals surface area (Å²) in [5.74, 6) is 0.247. The second-order valence-corrected chi connectivity index (χ2v) is 14.4. The van der Waals surface area contributed by atoms with Gasteiger partial charge in [0.25, 0.3) is 8.32 Å². The van der Waals surface area contributed by atoms with Crippen LogP contribution < -0.4 is 10.4 Å². The van der Waals surface area contributed by atoms with E-state index < -0.39 is 8.32 Å². The maximum Gasteiger partial charge on any atom is 0.261 e. The minimum Gasteiger partial charge on any atom is -0.404 e. The molecule has 0 aliphatic heterocycles. The summed E-state index contributed by atoms with van der Waals surface area (Å²) in [7, 11) is -2.56. The van der Waals surface area contributed by atoms with E-state index in [2.05, 4.69) is 99.1 Å². The van der Waals surface area contributed by atoms with Gasteiger partial charge in [0, 0.05) is 18.2 Å². The third-order valence-corrected chi connectivity index (χ3v) is 12.0. The Morgan fingerprint density at radius 3 is 2.03 bits per heavy atom. The maximum absolute atomic E-state index is 7.39. The maximum atomic E-state index is 7.39. The molecular formula is C28H32ClNOSi. The quantitative estimate of drug-likeness (QED) is 0.245. The van der Waals surface area contributed by atoms with Crippen molar-refractivity contribution in [2.45, 2.75) is 57.1 Å². The zero-order chi connectivity index (χ0) is 22.8. The lowest BCUT2D eigenvalue weighted by Gasteiger charge is -2.46. The molecule has 1 aliphatic rings. The zero-order valence-electron chi connectivity index (χ0n) is 19.2. The Bertz CT molecular complexity index is 1000. The lowest BCUT2D eigenvalue weighted by molar-refractivity contribution is 0.149. The molecule has 0 unspecified atom stereocenters. The highest BCUT2D eigenvalue weighted by Crippen LogP contribution is 2.43. The molecule has 1 fully saturated rings. The number of hydrogen-bond acceptors (Lipinski definition) is 2. The summed E-state index contributed by atoms with van der Waals surface area (Å²) >= 11 is 6.04. The van der Waals surface area contributed by atoms with Crippen molar-refractivity contribution in [1.82, 2.24) is 4.98 Å². The molecule has 4 heteroatoms. The van der Waals surface area contributed by atoms with Crippen LogP contribution >= 0.6 is 11.6 Å². The first-order valence-corrected chi connectivity index (χ1v) is 13.7. The highest BCUT2D eigenvalue weighted by Gasteiger charge is 2.51. The van der Waals surface area contributed by atoms with Crippen molar-refractivity contribution in [2.75, 3.05) is 0 Å². The molecule has 0 bridgehead atoms. The van der Waals surface area contributed by atoms with Gasteiger partial charge in [-0.2, -0.15) is 0 Å². The van der Waals surface area contributed by atoms with Gasteiger partial charge in [-0.05, 0) is 46.3 Å². The molecule has 1 aliphatic carbocycles. The van der Waals surface area contributed by atoms with Crippen LogP contribution in [0.25, 0.3) is 0 Å². The van der Waals surface area contributed by atoms with Crippen molar-refractivity contribution in [3.05, 3.63) is 102 Å². The standard InChI is InChI=1S/C28H32ClNOSi/c1-21-15-17-23(19-26(21)22-16-18-27(29)30-20-22)31-32(28(2,3)4,24-11-7-5-8-12-24)25-13-9-6-10-14-25/h5-14,16,18,20,23,26H,1,15,17,19H2,2-4H3/t23-,26+/m0/s1. The number of rotatable bonds is 5. The summed E-state index contributed by atoms with van der Waals surface area (Å²) in [4.78, 5) is 4.32. The third kappa shape index (κ3) is 4.47. The van der Waals surface area contributed by atoms with Crippen LogP contribution in [-0.2, 0) is 4.43 Å². The fourth-order valence-electron chi connectivity index (χ4n) is 5.08. The van der Waals surface area contributed by atoms with E-state index in [-0.39, 0.29) is 17.1 Å². The van der Waals surface area contributed by atoms with E-state index >= 15 is 0 Å². The Morgan fingerprint density at radius 2 is 1.53 bits per heavy atom. The predicted molar refractivity (Wildman–Crippen MR) is 137 cm³/mol. The van der Waals surface area contributed by atoms with Crippen molar-refractivity contribution >= 4 is 30.3 Å². The highest BCUT2D eigenvalue weighted by atomic mass is 35.5. The summed E-state index contributed by atoms with van der Waals surface area (Å²) in [6.07, 6.45) is 4.94. The summed E-state index contributed by atoms with van der Waals surface area (Å²) in [6, 6.07) is 25.7. The summed E-state index contributed by atoms with van der Waals surface area (Å²) in [5.41, 5.74) is 2.44. The van der Waals surface area contributed by atoms with Crippen LogP contribution in [0.4, 0.5) is 0 Å². The zero-order valence-corrected chi connectivity index (χ0v) is 21.0. The van der Waals surface area contributed by atoms with Crippen LogP contribution in [0.2, 0.25) is 10.2 Å². The molecule has 3 aromatic rings. The molecule has 4 rings (SSSR count). The smallest absolute Gasteiger partial charge is 0.261 e. The molecule has 2 atom stereocenters. The molecule has 0 radical (unpaired) electrons. The summed E-state index contributed by atoms with van der Waals surface area (Å²) < 4.78 is 7.39. The fraction of sp³-hybridized carbons (Fsp3) is 0.321. The van der Waals surface area contributed by atoms with Crippen LogP contribution in [0.5, 0.6) is 0 Å². The van der Waals surface area contributed by atoms with Crippen molar-refractivity contribution in [3.63, 3.8) is 0 Å². The van der Waals surface area contributed by atoms with Gasteiger partial charge >= 0.3 is 0 Å². The first-order chi connectivity index (χ1) is 15.3. The lowest BCUT2D eigenvalue weighted by Crippen LogP contribution is -2.67. The molecule has 32 heavy (non-hydrogen) atoms. The molecule has 0 spiro atoms. The first-order valence-electron chi connectivity index (χ1n) is 11.4. The average Bonchev–Trinajstić information content (AvgIpc) is 2.79. The van der Waals surface area contributed by atoms with Gasteiger partial charge in [0.05, 0.1) is 0 Å². The number of nitrogens with zero attached hydrogens (tertiary/aromatic N) is 1. The van der Waals surface area contributed by atoms with E-state index in [4.69, 9.17) is 16.0 Å². The Balaban J connectivity index is 1.74. The van der Waals surface area contributed by atoms with E-state index in [1.165, 1.54) is 21.5 Å². The Kier molecular flexibility index (Phi) is 6.71. The van der Waals surface area contributed by atoms with E-state index in [0.29, 0.717) is 5.15 Å². The molecule has 2 aromatic carbocycles. The molecular weight excluding hydrogens is 430 g/mol. The van der Waals surface area contributed by atoms with Crippen LogP contribution in [0.1, 0.15) is 51.5 Å². The second kappa shape index (κ2) is 9.34. The molecule has 166 valence electrons. The van der Waals surface area contributed by atoms with E-state index in [9.17, 15) is 0 Å². The predicted octanol–water partition coefficient (Wildman–Crippen LogP) is 6.50. The Labute approximate surface area is 198 Å². The van der Waals surface area contributed by atoms with Crippen LogP contribution in [0.3, 0.4) is 0 Å². The molecule has 0 amide bonds. The largest absolute Gasteiger partial charge is 0.404 e. The third-order valence-electron chi connectivity index (χ3n) is 6.69. The van der Waals surface area contributed by atoms with Crippen molar-refractivity contribution in [1.29, 1.82) is 0 Å². The highest BCUT2D eigenvalue weighted by molar-refractivity contribution is 6.99. The van der Waals surface area contributed by atoms with Crippen molar-refractivity contribution < 1.29 is 4.43 Å². The number of aromatic nitrogens is 1. The SMILES string of the molecule is C=C1CC[C@H](O[Si](c2ccccc2)(c2ccccc2)C(C)(C)C)C[C@H]1c1ccc(Cl)nc1. The van der Waals surface area contributed by atoms with Gasteiger partial charge in [-0.3, -0.25) is 0 Å². The van der Waals surface area contributed by atoms with Crippen molar-refractivity contribution in [2.24, 2.45) is 0 Å². The van der Waals surface area contributed by atoms with Gasteiger partial charge in [-0.15, -0.1) is 0 Å². The summed E-state index contributed by atoms with van der Waals surface area (Å²) in [5, 5.41) is 3.15. The van der Waals surface area contributed by atoms with Crippen LogP contribution in [0, 0.1) is 0 Å². The Morgan fingerprint density at radius 1 is 0.938 bits per heavy atom. The molecule has 0 saturated heterocycles. The molecule has 1 aromatic heterocycles. The van der Waals surface area contributed by atoms with Crippen LogP contribution in [0.15, 0.2) is 91.1 Å². The molecule has 1 heterocycles. The van der Waals surface area contributed by atoms with Gasteiger partial charge in [0.2, 0.25) is 0 Å². The topological polar surface area (TPSA) is 22.1 Å². The minimum absolute atomic E-state index is 0.0263. The number of halogens is 1. The van der Waals surface area contributed by atoms with E-state index in [1.54, 1.807) is 0 Å². The van der Waals surface area contributed by atoms with Gasteiger partial charge in [-0.1, -0.05) is 111 Å². The normalized spacial score (nSPS) is 19.7. The Hall–Kier alpha value is -2.20. The lowest BCUT2D eigenvalue weighted by atomic mass is 9.80. The average molecular weight is 462 g/mol. The second-order valence-electron chi connectivity index (χ2n) is 9.80. The molecule has 2 nitrogen and oxygen atoms in total. The van der Waals surface area contributed by atoms with Gasteiger partial charge in [0.15, 0.2) is 0 Å². The summed E-state index contributed by atoms with van der Waals surface area (Å²) in [6.45, 7) is 11.4. The first kappa shape index (κ1) is 23.0. The van der Waals surface area contributed by atoms with E-state index in [0.717, 1.165) is 19.3 Å². The molecule has 1 saturated carbocycles. The number of pyridine rings is 1. The fourth-order valence-corrected chi connectivity index (χ4v) is 9.92. The van der Waals surface area contributed by atoms with Gasteiger partial charge in [-0.25, -0.2) is 4.98 Å².